The van der Waals surface area contributed by atoms with E-state index in [1.807, 2.05) is 30.3 Å². The van der Waals surface area contributed by atoms with Crippen LogP contribution in [0.2, 0.25) is 0 Å². The quantitative estimate of drug-likeness (QED) is 0.850. The summed E-state index contributed by atoms with van der Waals surface area (Å²) in [6.45, 7) is 3.77. The zero-order valence-corrected chi connectivity index (χ0v) is 12.8. The van der Waals surface area contributed by atoms with Gasteiger partial charge < -0.3 is 10.2 Å². The molecule has 0 bridgehead atoms. The monoisotopic (exact) mass is 300 g/mol. The van der Waals surface area contributed by atoms with Crippen LogP contribution in [0.15, 0.2) is 54.6 Å². The summed E-state index contributed by atoms with van der Waals surface area (Å²) < 4.78 is 13.5. The Balaban J connectivity index is 1.81. The van der Waals surface area contributed by atoms with E-state index in [2.05, 4.69) is 17.1 Å². The van der Waals surface area contributed by atoms with Crippen molar-refractivity contribution in [1.29, 1.82) is 0 Å². The lowest BCUT2D eigenvalue weighted by molar-refractivity contribution is -0.121. The third kappa shape index (κ3) is 4.58. The van der Waals surface area contributed by atoms with Crippen LogP contribution in [0.1, 0.15) is 18.9 Å². The molecule has 0 heterocycles. The SMILES string of the molecule is CCN(CCC(=O)NCc1ccccc1F)c1ccccc1. The molecule has 0 saturated heterocycles. The van der Waals surface area contributed by atoms with Gasteiger partial charge >= 0.3 is 0 Å². The molecule has 2 aromatic rings. The molecule has 3 nitrogen and oxygen atoms in total. The molecule has 0 spiro atoms. The van der Waals surface area contributed by atoms with Gasteiger partial charge in [-0.1, -0.05) is 36.4 Å². The van der Waals surface area contributed by atoms with Crippen molar-refractivity contribution in [3.05, 3.63) is 66.0 Å². The number of rotatable bonds is 7. The first-order valence-electron chi connectivity index (χ1n) is 7.50. The number of halogens is 1. The van der Waals surface area contributed by atoms with E-state index < -0.39 is 0 Å². The first-order chi connectivity index (χ1) is 10.7. The van der Waals surface area contributed by atoms with E-state index in [1.165, 1.54) is 6.07 Å². The summed E-state index contributed by atoms with van der Waals surface area (Å²) in [5.74, 6) is -0.361. The van der Waals surface area contributed by atoms with Crippen LogP contribution in [0.5, 0.6) is 0 Å². The van der Waals surface area contributed by atoms with Gasteiger partial charge in [-0.05, 0) is 25.1 Å². The van der Waals surface area contributed by atoms with E-state index in [-0.39, 0.29) is 18.3 Å². The van der Waals surface area contributed by atoms with Crippen LogP contribution in [0.3, 0.4) is 0 Å². The standard InChI is InChI=1S/C18H21FN2O/c1-2-21(16-9-4-3-5-10-16)13-12-18(22)20-14-15-8-6-7-11-17(15)19/h3-11H,2,12-14H2,1H3,(H,20,22). The lowest BCUT2D eigenvalue weighted by Gasteiger charge is -2.22. The number of amides is 1. The number of benzene rings is 2. The predicted octanol–water partition coefficient (Wildman–Crippen LogP) is 3.36. The van der Waals surface area contributed by atoms with E-state index >= 15 is 0 Å². The molecule has 0 unspecified atom stereocenters. The van der Waals surface area contributed by atoms with Crippen LogP contribution in [0.25, 0.3) is 0 Å². The number of para-hydroxylation sites is 1. The third-order valence-electron chi connectivity index (χ3n) is 3.55. The second-order valence-electron chi connectivity index (χ2n) is 5.03. The Hall–Kier alpha value is -2.36. The molecule has 0 aliphatic carbocycles. The summed E-state index contributed by atoms with van der Waals surface area (Å²) in [5.41, 5.74) is 1.61. The van der Waals surface area contributed by atoms with Crippen LogP contribution in [0, 0.1) is 5.82 Å². The zero-order chi connectivity index (χ0) is 15.8. The van der Waals surface area contributed by atoms with Gasteiger partial charge in [-0.25, -0.2) is 4.39 Å². The van der Waals surface area contributed by atoms with E-state index in [4.69, 9.17) is 0 Å². The van der Waals surface area contributed by atoms with Crippen LogP contribution in [0.4, 0.5) is 10.1 Å². The molecule has 2 aromatic carbocycles. The summed E-state index contributed by atoms with van der Waals surface area (Å²) in [6, 6.07) is 16.5. The minimum Gasteiger partial charge on any atom is -0.371 e. The number of hydrogen-bond donors (Lipinski definition) is 1. The maximum atomic E-state index is 13.5. The van der Waals surface area contributed by atoms with Crippen LogP contribution in [-0.4, -0.2) is 19.0 Å². The number of carbonyl (C=O) groups excluding carboxylic acids is 1. The Labute approximate surface area is 130 Å². The van der Waals surface area contributed by atoms with Crippen molar-refractivity contribution >= 4 is 11.6 Å². The Kier molecular flexibility index (Phi) is 5.95. The minimum atomic E-state index is -0.290. The van der Waals surface area contributed by atoms with Crippen molar-refractivity contribution in [3.63, 3.8) is 0 Å². The maximum Gasteiger partial charge on any atom is 0.222 e. The second-order valence-corrected chi connectivity index (χ2v) is 5.03. The van der Waals surface area contributed by atoms with Crippen molar-refractivity contribution in [2.24, 2.45) is 0 Å². The highest BCUT2D eigenvalue weighted by Crippen LogP contribution is 2.13. The highest BCUT2D eigenvalue weighted by Gasteiger charge is 2.08. The smallest absolute Gasteiger partial charge is 0.222 e. The molecule has 0 aromatic heterocycles. The molecule has 2 rings (SSSR count). The Bertz CT molecular complexity index is 601. The van der Waals surface area contributed by atoms with Crippen molar-refractivity contribution in [2.45, 2.75) is 19.9 Å². The van der Waals surface area contributed by atoms with Gasteiger partial charge in [-0.3, -0.25) is 4.79 Å². The normalized spacial score (nSPS) is 10.3. The van der Waals surface area contributed by atoms with Gasteiger partial charge in [0.25, 0.3) is 0 Å². The number of hydrogen-bond acceptors (Lipinski definition) is 2. The lowest BCUT2D eigenvalue weighted by Crippen LogP contribution is -2.30. The van der Waals surface area contributed by atoms with Gasteiger partial charge in [0, 0.05) is 37.3 Å². The summed E-state index contributed by atoms with van der Waals surface area (Å²) in [6.07, 6.45) is 0.386. The van der Waals surface area contributed by atoms with E-state index in [1.54, 1.807) is 18.2 Å². The lowest BCUT2D eigenvalue weighted by atomic mass is 10.2. The van der Waals surface area contributed by atoms with Crippen molar-refractivity contribution < 1.29 is 9.18 Å². The van der Waals surface area contributed by atoms with Crippen LogP contribution >= 0.6 is 0 Å². The molecule has 22 heavy (non-hydrogen) atoms. The molecule has 0 saturated carbocycles. The fourth-order valence-electron chi connectivity index (χ4n) is 2.27. The summed E-state index contributed by atoms with van der Waals surface area (Å²) >= 11 is 0. The molecular formula is C18H21FN2O. The summed E-state index contributed by atoms with van der Waals surface area (Å²) in [7, 11) is 0. The number of nitrogens with zero attached hydrogens (tertiary/aromatic N) is 1. The van der Waals surface area contributed by atoms with Gasteiger partial charge in [0.2, 0.25) is 5.91 Å². The second kappa shape index (κ2) is 8.17. The van der Waals surface area contributed by atoms with Gasteiger partial charge in [0.1, 0.15) is 5.82 Å². The molecular weight excluding hydrogens is 279 g/mol. The summed E-state index contributed by atoms with van der Waals surface area (Å²) in [4.78, 5) is 14.1. The number of carbonyl (C=O) groups is 1. The largest absolute Gasteiger partial charge is 0.371 e. The zero-order valence-electron chi connectivity index (χ0n) is 12.8. The first kappa shape index (κ1) is 16.0. The van der Waals surface area contributed by atoms with Gasteiger partial charge in [0.05, 0.1) is 0 Å². The molecule has 0 aliphatic heterocycles. The minimum absolute atomic E-state index is 0.0716. The van der Waals surface area contributed by atoms with E-state index in [0.29, 0.717) is 18.5 Å². The number of anilines is 1. The third-order valence-corrected chi connectivity index (χ3v) is 3.55. The van der Waals surface area contributed by atoms with Crippen LogP contribution in [-0.2, 0) is 11.3 Å². The van der Waals surface area contributed by atoms with Gasteiger partial charge in [-0.15, -0.1) is 0 Å². The maximum absolute atomic E-state index is 13.5. The molecule has 0 atom stereocenters. The molecule has 1 N–H and O–H groups in total. The average Bonchev–Trinajstić information content (AvgIpc) is 2.55. The first-order valence-corrected chi connectivity index (χ1v) is 7.50. The predicted molar refractivity (Wildman–Crippen MR) is 87.2 cm³/mol. The highest BCUT2D eigenvalue weighted by atomic mass is 19.1. The fraction of sp³-hybridized carbons (Fsp3) is 0.278. The van der Waals surface area contributed by atoms with Crippen molar-refractivity contribution in [1.82, 2.24) is 5.32 Å². The van der Waals surface area contributed by atoms with E-state index in [9.17, 15) is 9.18 Å². The van der Waals surface area contributed by atoms with Crippen LogP contribution < -0.4 is 10.2 Å². The Morgan fingerprint density at radius 2 is 1.77 bits per heavy atom. The molecule has 1 amide bonds. The topological polar surface area (TPSA) is 32.3 Å². The van der Waals surface area contributed by atoms with Gasteiger partial charge in [-0.2, -0.15) is 0 Å². The molecule has 4 heteroatoms. The van der Waals surface area contributed by atoms with Gasteiger partial charge in [0.15, 0.2) is 0 Å². The Morgan fingerprint density at radius 1 is 1.09 bits per heavy atom. The Morgan fingerprint density at radius 3 is 2.45 bits per heavy atom. The highest BCUT2D eigenvalue weighted by molar-refractivity contribution is 5.76. The van der Waals surface area contributed by atoms with E-state index in [0.717, 1.165) is 12.2 Å². The molecule has 116 valence electrons. The van der Waals surface area contributed by atoms with Crippen molar-refractivity contribution in [2.75, 3.05) is 18.0 Å². The molecule has 0 radical (unpaired) electrons. The van der Waals surface area contributed by atoms with Crippen molar-refractivity contribution in [3.8, 4) is 0 Å². The molecule has 0 aliphatic rings. The average molecular weight is 300 g/mol. The number of nitrogens with one attached hydrogen (secondary N) is 1. The molecule has 0 fully saturated rings. The fourth-order valence-corrected chi connectivity index (χ4v) is 2.27. The summed E-state index contributed by atoms with van der Waals surface area (Å²) in [5, 5.41) is 2.77.